The molecule has 2 atom stereocenters. The van der Waals surface area contributed by atoms with Crippen molar-refractivity contribution >= 4 is 17.9 Å². The van der Waals surface area contributed by atoms with Gasteiger partial charge in [0.2, 0.25) is 0 Å². The molecule has 0 aromatic carbocycles. The molecule has 0 radical (unpaired) electrons. The van der Waals surface area contributed by atoms with E-state index >= 15 is 0 Å². The SMILES string of the molecule is CCCC(CC(C)(C)N(C)CC)OC(=O)C(CC(=O)OC1CC(C)(C)N(C)C(C)(C)C1)C(=O)OC1CC(C)(C)N(C)C(C)(C)C1. The summed E-state index contributed by atoms with van der Waals surface area (Å²) in [5.41, 5.74) is -0.993. The molecule has 0 aromatic rings. The third kappa shape index (κ3) is 10.1. The highest BCUT2D eigenvalue weighted by atomic mass is 16.6. The zero-order valence-corrected chi connectivity index (χ0v) is 31.5. The normalized spacial score (nSPS) is 23.7. The first-order valence-electron chi connectivity index (χ1n) is 17.2. The van der Waals surface area contributed by atoms with Crippen LogP contribution >= 0.6 is 0 Å². The molecule has 45 heavy (non-hydrogen) atoms. The molecule has 9 nitrogen and oxygen atoms in total. The predicted molar refractivity (Wildman–Crippen MR) is 180 cm³/mol. The molecule has 2 saturated heterocycles. The van der Waals surface area contributed by atoms with Crippen molar-refractivity contribution < 1.29 is 28.6 Å². The quantitative estimate of drug-likeness (QED) is 0.133. The summed E-state index contributed by atoms with van der Waals surface area (Å²) in [6.07, 6.45) is 3.17. The van der Waals surface area contributed by atoms with Crippen molar-refractivity contribution in [2.75, 3.05) is 27.7 Å². The van der Waals surface area contributed by atoms with Crippen LogP contribution in [-0.4, -0.2) is 106 Å². The molecule has 0 N–H and O–H groups in total. The Labute approximate surface area is 275 Å². The lowest BCUT2D eigenvalue weighted by Gasteiger charge is -2.53. The molecule has 0 aromatic heterocycles. The Hall–Kier alpha value is -1.71. The Balaban J connectivity index is 2.31. The van der Waals surface area contributed by atoms with Gasteiger partial charge in [0, 0.05) is 59.8 Å². The van der Waals surface area contributed by atoms with Crippen molar-refractivity contribution in [3.63, 3.8) is 0 Å². The minimum absolute atomic E-state index is 0.177. The zero-order chi connectivity index (χ0) is 34.8. The summed E-state index contributed by atoms with van der Waals surface area (Å²) >= 11 is 0. The first-order chi connectivity index (χ1) is 20.4. The fraction of sp³-hybridized carbons (Fsp3) is 0.917. The highest BCUT2D eigenvalue weighted by Crippen LogP contribution is 2.40. The van der Waals surface area contributed by atoms with Crippen LogP contribution in [0, 0.1) is 5.92 Å². The van der Waals surface area contributed by atoms with Crippen molar-refractivity contribution in [1.29, 1.82) is 0 Å². The number of nitrogens with zero attached hydrogens (tertiary/aromatic N) is 3. The maximum atomic E-state index is 13.9. The zero-order valence-electron chi connectivity index (χ0n) is 31.5. The lowest BCUT2D eigenvalue weighted by atomic mass is 9.78. The Bertz CT molecular complexity index is 1000. The number of ether oxygens (including phenoxy) is 3. The number of esters is 3. The molecule has 0 aliphatic carbocycles. The molecule has 2 rings (SSSR count). The van der Waals surface area contributed by atoms with Gasteiger partial charge in [-0.05, 0) is 103 Å². The van der Waals surface area contributed by atoms with Crippen LogP contribution in [0.15, 0.2) is 0 Å². The third-order valence-electron chi connectivity index (χ3n) is 11.2. The van der Waals surface area contributed by atoms with Crippen LogP contribution < -0.4 is 0 Å². The second kappa shape index (κ2) is 14.6. The van der Waals surface area contributed by atoms with Crippen molar-refractivity contribution in [2.45, 2.75) is 180 Å². The minimum Gasteiger partial charge on any atom is -0.462 e. The van der Waals surface area contributed by atoms with Crippen molar-refractivity contribution in [2.24, 2.45) is 5.92 Å². The fourth-order valence-electron chi connectivity index (χ4n) is 7.55. The first-order valence-corrected chi connectivity index (χ1v) is 17.2. The first kappa shape index (κ1) is 39.5. The Morgan fingerprint density at radius 1 is 0.778 bits per heavy atom. The Kier molecular flexibility index (Phi) is 12.8. The summed E-state index contributed by atoms with van der Waals surface area (Å²) in [6, 6.07) is 0. The molecule has 262 valence electrons. The molecule has 2 unspecified atom stereocenters. The minimum atomic E-state index is -1.39. The van der Waals surface area contributed by atoms with Crippen molar-refractivity contribution in [1.82, 2.24) is 14.7 Å². The maximum absolute atomic E-state index is 13.9. The van der Waals surface area contributed by atoms with Crippen molar-refractivity contribution in [3.05, 3.63) is 0 Å². The van der Waals surface area contributed by atoms with E-state index < -0.39 is 36.4 Å². The predicted octanol–water partition coefficient (Wildman–Crippen LogP) is 6.21. The number of carbonyl (C=O) groups excluding carboxylic acids is 3. The summed E-state index contributed by atoms with van der Waals surface area (Å²) < 4.78 is 18.1. The molecule has 2 aliphatic rings. The summed E-state index contributed by atoms with van der Waals surface area (Å²) in [5, 5.41) is 0. The fourth-order valence-corrected chi connectivity index (χ4v) is 7.55. The van der Waals surface area contributed by atoms with Crippen LogP contribution in [0.5, 0.6) is 0 Å². The van der Waals surface area contributed by atoms with Crippen LogP contribution in [-0.2, 0) is 28.6 Å². The van der Waals surface area contributed by atoms with E-state index in [-0.39, 0.29) is 39.9 Å². The number of piperidine rings is 2. The molecule has 2 aliphatic heterocycles. The van der Waals surface area contributed by atoms with Crippen LogP contribution in [0.3, 0.4) is 0 Å². The van der Waals surface area contributed by atoms with Crippen LogP contribution in [0.4, 0.5) is 0 Å². The van der Waals surface area contributed by atoms with Crippen LogP contribution in [0.1, 0.15) is 134 Å². The van der Waals surface area contributed by atoms with E-state index in [0.29, 0.717) is 38.5 Å². The van der Waals surface area contributed by atoms with Gasteiger partial charge in [0.1, 0.15) is 18.3 Å². The molecule has 9 heteroatoms. The number of carbonyl (C=O) groups is 3. The third-order valence-corrected chi connectivity index (χ3v) is 11.2. The van der Waals surface area contributed by atoms with Crippen LogP contribution in [0.2, 0.25) is 0 Å². The summed E-state index contributed by atoms with van der Waals surface area (Å²) in [4.78, 5) is 48.0. The van der Waals surface area contributed by atoms with Gasteiger partial charge >= 0.3 is 17.9 Å². The summed E-state index contributed by atoms with van der Waals surface area (Å²) in [5.74, 6) is -3.37. The van der Waals surface area contributed by atoms with E-state index in [1.807, 2.05) is 0 Å². The number of hydrogen-bond acceptors (Lipinski definition) is 9. The molecular formula is C36H67N3O6. The molecule has 0 spiro atoms. The van der Waals surface area contributed by atoms with E-state index in [9.17, 15) is 14.4 Å². The smallest absolute Gasteiger partial charge is 0.321 e. The molecular weight excluding hydrogens is 570 g/mol. The number of rotatable bonds is 13. The molecule has 0 bridgehead atoms. The van der Waals surface area contributed by atoms with Gasteiger partial charge < -0.3 is 19.1 Å². The van der Waals surface area contributed by atoms with E-state index in [1.165, 1.54) is 0 Å². The topological polar surface area (TPSA) is 88.6 Å². The Morgan fingerprint density at radius 2 is 1.20 bits per heavy atom. The Morgan fingerprint density at radius 3 is 1.60 bits per heavy atom. The van der Waals surface area contributed by atoms with Crippen molar-refractivity contribution in [3.8, 4) is 0 Å². The average Bonchev–Trinajstić information content (AvgIpc) is 2.87. The number of likely N-dealkylation sites (tertiary alicyclic amines) is 2. The molecule has 2 heterocycles. The van der Waals surface area contributed by atoms with Gasteiger partial charge in [-0.25, -0.2) is 0 Å². The van der Waals surface area contributed by atoms with Gasteiger partial charge in [-0.3, -0.25) is 24.2 Å². The second-order valence-corrected chi connectivity index (χ2v) is 17.0. The van der Waals surface area contributed by atoms with Gasteiger partial charge in [0.25, 0.3) is 0 Å². The number of hydrogen-bond donors (Lipinski definition) is 0. The standard InChI is InChI=1S/C36H67N3O6/c1-16-18-25(20-32(3,4)37(13)17-2)44-30(41)28(31(42)45-27-23-35(9,10)39(15)36(11,12)24-27)19-29(40)43-26-21-33(5,6)38(14)34(7,8)22-26/h25-28H,16-24H2,1-15H3. The lowest BCUT2D eigenvalue weighted by Crippen LogP contribution is -2.60. The molecule has 0 amide bonds. The van der Waals surface area contributed by atoms with Gasteiger partial charge in [-0.15, -0.1) is 0 Å². The van der Waals surface area contributed by atoms with E-state index in [0.717, 1.165) is 13.0 Å². The highest BCUT2D eigenvalue weighted by Gasteiger charge is 2.47. The second-order valence-electron chi connectivity index (χ2n) is 17.0. The average molecular weight is 638 g/mol. The lowest BCUT2D eigenvalue weighted by molar-refractivity contribution is -0.179. The van der Waals surface area contributed by atoms with Gasteiger partial charge in [0.05, 0.1) is 6.42 Å². The van der Waals surface area contributed by atoms with Gasteiger partial charge in [-0.1, -0.05) is 20.3 Å². The van der Waals surface area contributed by atoms with Crippen LogP contribution in [0.25, 0.3) is 0 Å². The monoisotopic (exact) mass is 638 g/mol. The van der Waals surface area contributed by atoms with E-state index in [1.54, 1.807) is 0 Å². The maximum Gasteiger partial charge on any atom is 0.321 e. The largest absolute Gasteiger partial charge is 0.462 e. The summed E-state index contributed by atoms with van der Waals surface area (Å²) in [6.45, 7) is 26.4. The van der Waals surface area contributed by atoms with Gasteiger partial charge in [0.15, 0.2) is 5.92 Å². The van der Waals surface area contributed by atoms with Gasteiger partial charge in [-0.2, -0.15) is 0 Å². The summed E-state index contributed by atoms with van der Waals surface area (Å²) in [7, 11) is 6.24. The van der Waals surface area contributed by atoms with E-state index in [4.69, 9.17) is 14.2 Å². The highest BCUT2D eigenvalue weighted by molar-refractivity contribution is 5.98. The molecule has 0 saturated carbocycles. The van der Waals surface area contributed by atoms with E-state index in [2.05, 4.69) is 119 Å². The molecule has 2 fully saturated rings.